The van der Waals surface area contributed by atoms with Crippen LogP contribution < -0.4 is 10.1 Å². The van der Waals surface area contributed by atoms with Crippen molar-refractivity contribution < 1.29 is 27.9 Å². The van der Waals surface area contributed by atoms with Gasteiger partial charge >= 0.3 is 12.0 Å². The third-order valence-corrected chi connectivity index (χ3v) is 6.61. The summed E-state index contributed by atoms with van der Waals surface area (Å²) in [5, 5.41) is 12.3. The molecule has 1 aromatic rings. The fourth-order valence-corrected chi connectivity index (χ4v) is 4.65. The number of ether oxygens (including phenoxy) is 1. The fraction of sp³-hybridized carbons (Fsp3) is 0.556. The van der Waals surface area contributed by atoms with E-state index in [9.17, 15) is 23.1 Å². The first kappa shape index (κ1) is 19.5. The molecule has 2 amide bonds. The zero-order valence-corrected chi connectivity index (χ0v) is 16.0. The summed E-state index contributed by atoms with van der Waals surface area (Å²) >= 11 is 0. The lowest BCUT2D eigenvalue weighted by molar-refractivity contribution is -0.149. The number of nitrogens with zero attached hydrogens (tertiary/aromatic N) is 1. The van der Waals surface area contributed by atoms with Crippen LogP contribution in [0.3, 0.4) is 0 Å². The summed E-state index contributed by atoms with van der Waals surface area (Å²) in [7, 11) is -3.24. The molecule has 2 aliphatic rings. The summed E-state index contributed by atoms with van der Waals surface area (Å²) in [5.41, 5.74) is -0.783. The highest BCUT2D eigenvalue weighted by Crippen LogP contribution is 2.48. The van der Waals surface area contributed by atoms with Gasteiger partial charge in [0.2, 0.25) is 0 Å². The molecule has 148 valence electrons. The van der Waals surface area contributed by atoms with E-state index >= 15 is 0 Å². The van der Waals surface area contributed by atoms with Crippen molar-refractivity contribution in [1.29, 1.82) is 0 Å². The number of likely N-dealkylation sites (tertiary alicyclic amines) is 1. The normalized spacial score (nSPS) is 24.5. The minimum absolute atomic E-state index is 0.0327. The van der Waals surface area contributed by atoms with Crippen molar-refractivity contribution in [1.82, 2.24) is 10.2 Å². The Morgan fingerprint density at radius 2 is 2.04 bits per heavy atom. The highest BCUT2D eigenvalue weighted by atomic mass is 32.2. The third kappa shape index (κ3) is 4.02. The van der Waals surface area contributed by atoms with Crippen molar-refractivity contribution in [2.45, 2.75) is 24.2 Å². The Balaban J connectivity index is 1.45. The minimum atomic E-state index is -3.24. The zero-order valence-electron chi connectivity index (χ0n) is 15.2. The van der Waals surface area contributed by atoms with E-state index in [4.69, 9.17) is 4.74 Å². The van der Waals surface area contributed by atoms with Gasteiger partial charge in [0.15, 0.2) is 9.84 Å². The molecule has 9 heteroatoms. The molecule has 1 heterocycles. The van der Waals surface area contributed by atoms with Crippen LogP contribution in [0, 0.1) is 11.3 Å². The number of nitrogens with one attached hydrogen (secondary N) is 1. The van der Waals surface area contributed by atoms with E-state index in [2.05, 4.69) is 5.32 Å². The van der Waals surface area contributed by atoms with Gasteiger partial charge in [-0.3, -0.25) is 4.79 Å². The van der Waals surface area contributed by atoms with E-state index in [-0.39, 0.29) is 36.5 Å². The largest absolute Gasteiger partial charge is 0.492 e. The number of rotatable bonds is 6. The van der Waals surface area contributed by atoms with Crippen molar-refractivity contribution in [3.05, 3.63) is 24.3 Å². The molecule has 0 unspecified atom stereocenters. The summed E-state index contributed by atoms with van der Waals surface area (Å²) in [5.74, 6) is -0.260. The van der Waals surface area contributed by atoms with Crippen LogP contribution in [0.4, 0.5) is 4.79 Å². The van der Waals surface area contributed by atoms with E-state index in [0.717, 1.165) is 19.1 Å². The van der Waals surface area contributed by atoms with Crippen molar-refractivity contribution >= 4 is 21.8 Å². The first-order chi connectivity index (χ1) is 12.7. The van der Waals surface area contributed by atoms with Gasteiger partial charge in [-0.2, -0.15) is 0 Å². The van der Waals surface area contributed by atoms with E-state index in [1.807, 2.05) is 0 Å². The molecule has 2 fully saturated rings. The second-order valence-electron chi connectivity index (χ2n) is 7.25. The average molecular weight is 396 g/mol. The molecule has 1 aliphatic heterocycles. The van der Waals surface area contributed by atoms with Crippen LogP contribution in [0.2, 0.25) is 0 Å². The van der Waals surface area contributed by atoms with Crippen LogP contribution >= 0.6 is 0 Å². The molecule has 1 saturated carbocycles. The molecule has 0 aromatic heterocycles. The van der Waals surface area contributed by atoms with E-state index in [1.165, 1.54) is 12.1 Å². The van der Waals surface area contributed by atoms with Crippen LogP contribution in [0.1, 0.15) is 19.3 Å². The van der Waals surface area contributed by atoms with Gasteiger partial charge in [-0.15, -0.1) is 0 Å². The molecular weight excluding hydrogens is 372 g/mol. The molecule has 27 heavy (non-hydrogen) atoms. The van der Waals surface area contributed by atoms with Gasteiger partial charge in [-0.05, 0) is 43.0 Å². The van der Waals surface area contributed by atoms with Gasteiger partial charge < -0.3 is 20.1 Å². The second-order valence-corrected chi connectivity index (χ2v) is 9.27. The Labute approximate surface area is 158 Å². The van der Waals surface area contributed by atoms with Gasteiger partial charge in [0.05, 0.1) is 16.9 Å². The average Bonchev–Trinajstić information content (AvgIpc) is 3.16. The summed E-state index contributed by atoms with van der Waals surface area (Å²) in [6.07, 6.45) is 3.52. The molecular formula is C18H24N2O6S. The number of benzene rings is 1. The highest BCUT2D eigenvalue weighted by Gasteiger charge is 2.55. The molecule has 1 saturated heterocycles. The number of urea groups is 1. The summed E-state index contributed by atoms with van der Waals surface area (Å²) in [6, 6.07) is 5.79. The number of hydrogen-bond acceptors (Lipinski definition) is 5. The molecule has 2 N–H and O–H groups in total. The number of carbonyl (C=O) groups excluding carboxylic acids is 1. The number of carboxylic acid groups (broad SMARTS) is 1. The summed E-state index contributed by atoms with van der Waals surface area (Å²) < 4.78 is 28.3. The Kier molecular flexibility index (Phi) is 5.32. The number of carbonyl (C=O) groups is 2. The topological polar surface area (TPSA) is 113 Å². The van der Waals surface area contributed by atoms with Crippen molar-refractivity contribution in [2.24, 2.45) is 11.3 Å². The maximum atomic E-state index is 12.3. The Morgan fingerprint density at radius 1 is 1.33 bits per heavy atom. The standard InChI is InChI=1S/C18H24N2O6S/c1-27(24,25)15-6-4-14(5-7-15)26-10-9-19-17(23)20-11-13-3-2-8-18(13,12-20)16(21)22/h4-7,13H,2-3,8-12H2,1H3,(H,19,23)(H,21,22)/t13-,18+/m0/s1. The van der Waals surface area contributed by atoms with Crippen LogP contribution in [-0.2, 0) is 14.6 Å². The van der Waals surface area contributed by atoms with Crippen molar-refractivity contribution in [3.63, 3.8) is 0 Å². The SMILES string of the molecule is CS(=O)(=O)c1ccc(OCCNC(=O)N2C[C@@H]3CCC[C@@]3(C(=O)O)C2)cc1. The van der Waals surface area contributed by atoms with Crippen LogP contribution in [0.15, 0.2) is 29.2 Å². The number of carboxylic acids is 1. The number of aliphatic carboxylic acids is 1. The van der Waals surface area contributed by atoms with Crippen molar-refractivity contribution in [2.75, 3.05) is 32.5 Å². The molecule has 1 aliphatic carbocycles. The molecule has 0 spiro atoms. The predicted molar refractivity (Wildman–Crippen MR) is 97.4 cm³/mol. The van der Waals surface area contributed by atoms with Crippen LogP contribution in [0.5, 0.6) is 5.75 Å². The van der Waals surface area contributed by atoms with E-state index < -0.39 is 21.2 Å². The molecule has 8 nitrogen and oxygen atoms in total. The fourth-order valence-electron chi connectivity index (χ4n) is 4.02. The number of amides is 2. The summed E-state index contributed by atoms with van der Waals surface area (Å²) in [6.45, 7) is 1.23. The molecule has 2 atom stereocenters. The quantitative estimate of drug-likeness (QED) is 0.702. The monoisotopic (exact) mass is 396 g/mol. The van der Waals surface area contributed by atoms with Gasteiger partial charge in [0.1, 0.15) is 12.4 Å². The minimum Gasteiger partial charge on any atom is -0.492 e. The van der Waals surface area contributed by atoms with E-state index in [0.29, 0.717) is 18.7 Å². The third-order valence-electron chi connectivity index (χ3n) is 5.48. The van der Waals surface area contributed by atoms with Crippen LogP contribution in [-0.4, -0.2) is 62.9 Å². The lowest BCUT2D eigenvalue weighted by Gasteiger charge is -2.23. The second kappa shape index (κ2) is 7.38. The first-order valence-corrected chi connectivity index (χ1v) is 10.8. The molecule has 0 radical (unpaired) electrons. The van der Waals surface area contributed by atoms with Crippen molar-refractivity contribution in [3.8, 4) is 5.75 Å². The van der Waals surface area contributed by atoms with Crippen LogP contribution in [0.25, 0.3) is 0 Å². The van der Waals surface area contributed by atoms with Gasteiger partial charge in [0, 0.05) is 19.3 Å². The number of sulfone groups is 1. The maximum absolute atomic E-state index is 12.3. The first-order valence-electron chi connectivity index (χ1n) is 8.91. The van der Waals surface area contributed by atoms with Gasteiger partial charge in [0.25, 0.3) is 0 Å². The van der Waals surface area contributed by atoms with Gasteiger partial charge in [-0.25, -0.2) is 13.2 Å². The lowest BCUT2D eigenvalue weighted by atomic mass is 9.81. The smallest absolute Gasteiger partial charge is 0.317 e. The Bertz CT molecular complexity index is 823. The van der Waals surface area contributed by atoms with E-state index in [1.54, 1.807) is 17.0 Å². The lowest BCUT2D eigenvalue weighted by Crippen LogP contribution is -2.42. The number of hydrogen-bond donors (Lipinski definition) is 2. The highest BCUT2D eigenvalue weighted by molar-refractivity contribution is 7.90. The molecule has 1 aromatic carbocycles. The summed E-state index contributed by atoms with van der Waals surface area (Å²) in [4.78, 5) is 25.8. The molecule has 0 bridgehead atoms. The number of fused-ring (bicyclic) bond motifs is 1. The predicted octanol–water partition coefficient (Wildman–Crippen LogP) is 1.37. The van der Waals surface area contributed by atoms with Gasteiger partial charge in [-0.1, -0.05) is 6.42 Å². The maximum Gasteiger partial charge on any atom is 0.317 e. The zero-order chi connectivity index (χ0) is 19.7. The Morgan fingerprint density at radius 3 is 2.63 bits per heavy atom. The molecule has 3 rings (SSSR count). The Hall–Kier alpha value is -2.29.